The van der Waals surface area contributed by atoms with Crippen LogP contribution in [-0.2, 0) is 0 Å². The molecule has 0 aliphatic heterocycles. The summed E-state index contributed by atoms with van der Waals surface area (Å²) in [6.45, 7) is 8.18. The predicted octanol–water partition coefficient (Wildman–Crippen LogP) is 3.98. The number of hydrogen-bond donors (Lipinski definition) is 0. The molecule has 0 spiro atoms. The molecule has 0 saturated heterocycles. The summed E-state index contributed by atoms with van der Waals surface area (Å²) < 4.78 is 12.4. The van der Waals surface area contributed by atoms with E-state index in [1.54, 1.807) is 0 Å². The first-order valence-corrected chi connectivity index (χ1v) is 4.45. The molecular weight excluding hydrogens is 151 g/mol. The second-order valence-electron chi connectivity index (χ2n) is 2.71. The summed E-state index contributed by atoms with van der Waals surface area (Å²) in [5.41, 5.74) is 1.18. The van der Waals surface area contributed by atoms with Gasteiger partial charge in [0.1, 0.15) is 5.82 Å². The van der Waals surface area contributed by atoms with Crippen molar-refractivity contribution in [3.8, 4) is 0 Å². The van der Waals surface area contributed by atoms with Gasteiger partial charge in [-0.3, -0.25) is 0 Å². The monoisotopic (exact) mass is 168 g/mol. The SMILES string of the molecule is CC.CC(C)c1ccc(F)cc1. The molecule has 0 saturated carbocycles. The lowest BCUT2D eigenvalue weighted by molar-refractivity contribution is 0.626. The van der Waals surface area contributed by atoms with E-state index in [4.69, 9.17) is 0 Å². The quantitative estimate of drug-likeness (QED) is 0.595. The molecule has 0 atom stereocenters. The molecule has 0 unspecified atom stereocenters. The number of halogens is 1. The highest BCUT2D eigenvalue weighted by Crippen LogP contribution is 2.13. The van der Waals surface area contributed by atoms with Crippen molar-refractivity contribution in [2.24, 2.45) is 0 Å². The average molecular weight is 168 g/mol. The smallest absolute Gasteiger partial charge is 0.123 e. The summed E-state index contributed by atoms with van der Waals surface area (Å²) in [6, 6.07) is 6.63. The lowest BCUT2D eigenvalue weighted by Gasteiger charge is -2.02. The molecule has 0 aliphatic carbocycles. The Morgan fingerprint density at radius 3 is 1.75 bits per heavy atom. The molecule has 0 amide bonds. The van der Waals surface area contributed by atoms with E-state index in [0.29, 0.717) is 5.92 Å². The van der Waals surface area contributed by atoms with Crippen LogP contribution in [0.5, 0.6) is 0 Å². The van der Waals surface area contributed by atoms with E-state index in [0.717, 1.165) is 0 Å². The van der Waals surface area contributed by atoms with E-state index < -0.39 is 0 Å². The van der Waals surface area contributed by atoms with Gasteiger partial charge in [0.2, 0.25) is 0 Å². The van der Waals surface area contributed by atoms with Crippen LogP contribution in [0.25, 0.3) is 0 Å². The van der Waals surface area contributed by atoms with Crippen molar-refractivity contribution < 1.29 is 4.39 Å². The van der Waals surface area contributed by atoms with Gasteiger partial charge in [0.05, 0.1) is 0 Å². The summed E-state index contributed by atoms with van der Waals surface area (Å²) in [6.07, 6.45) is 0. The zero-order valence-corrected chi connectivity index (χ0v) is 8.26. The van der Waals surface area contributed by atoms with Crippen molar-refractivity contribution in [3.05, 3.63) is 35.6 Å². The topological polar surface area (TPSA) is 0 Å². The highest BCUT2D eigenvalue weighted by molar-refractivity contribution is 5.18. The first-order chi connectivity index (χ1) is 5.70. The molecule has 0 nitrogen and oxygen atoms in total. The third kappa shape index (κ3) is 3.51. The number of benzene rings is 1. The third-order valence-electron chi connectivity index (χ3n) is 1.54. The fourth-order valence-electron chi connectivity index (χ4n) is 0.848. The maximum Gasteiger partial charge on any atom is 0.123 e. The van der Waals surface area contributed by atoms with Gasteiger partial charge < -0.3 is 0 Å². The van der Waals surface area contributed by atoms with Gasteiger partial charge >= 0.3 is 0 Å². The second kappa shape index (κ2) is 5.76. The van der Waals surface area contributed by atoms with Crippen molar-refractivity contribution in [1.82, 2.24) is 0 Å². The van der Waals surface area contributed by atoms with Crippen molar-refractivity contribution in [1.29, 1.82) is 0 Å². The normalized spacial score (nSPS) is 9.17. The molecule has 0 bridgehead atoms. The minimum atomic E-state index is -0.163. The molecule has 1 heteroatoms. The molecule has 0 aliphatic rings. The zero-order valence-electron chi connectivity index (χ0n) is 8.26. The molecule has 68 valence electrons. The number of hydrogen-bond acceptors (Lipinski definition) is 0. The van der Waals surface area contributed by atoms with Crippen LogP contribution in [0.15, 0.2) is 24.3 Å². The molecular formula is C11H17F. The molecule has 1 rings (SSSR count). The Morgan fingerprint density at radius 1 is 1.00 bits per heavy atom. The maximum absolute atomic E-state index is 12.4. The molecule has 0 aromatic heterocycles. The fourth-order valence-corrected chi connectivity index (χ4v) is 0.848. The zero-order chi connectivity index (χ0) is 9.56. The van der Waals surface area contributed by atoms with Gasteiger partial charge in [0.15, 0.2) is 0 Å². The highest BCUT2D eigenvalue weighted by atomic mass is 19.1. The van der Waals surface area contributed by atoms with Gasteiger partial charge in [-0.1, -0.05) is 39.8 Å². The van der Waals surface area contributed by atoms with Gasteiger partial charge in [0, 0.05) is 0 Å². The summed E-state index contributed by atoms with van der Waals surface area (Å²) in [5, 5.41) is 0. The van der Waals surface area contributed by atoms with E-state index in [9.17, 15) is 4.39 Å². The lowest BCUT2D eigenvalue weighted by Crippen LogP contribution is -1.85. The molecule has 1 aromatic carbocycles. The van der Waals surface area contributed by atoms with E-state index in [2.05, 4.69) is 13.8 Å². The minimum absolute atomic E-state index is 0.163. The van der Waals surface area contributed by atoms with Crippen LogP contribution in [0.4, 0.5) is 4.39 Å². The molecule has 1 aromatic rings. The summed E-state index contributed by atoms with van der Waals surface area (Å²) in [4.78, 5) is 0. The van der Waals surface area contributed by atoms with E-state index in [-0.39, 0.29) is 5.82 Å². The van der Waals surface area contributed by atoms with E-state index in [1.807, 2.05) is 26.0 Å². The van der Waals surface area contributed by atoms with Crippen LogP contribution in [0, 0.1) is 5.82 Å². The lowest BCUT2D eigenvalue weighted by atomic mass is 10.0. The summed E-state index contributed by atoms with van der Waals surface area (Å²) >= 11 is 0. The Balaban J connectivity index is 0.000000561. The summed E-state index contributed by atoms with van der Waals surface area (Å²) in [5.74, 6) is 0.324. The largest absolute Gasteiger partial charge is 0.207 e. The Labute approximate surface area is 74.4 Å². The van der Waals surface area contributed by atoms with Crippen molar-refractivity contribution in [2.75, 3.05) is 0 Å². The molecule has 12 heavy (non-hydrogen) atoms. The van der Waals surface area contributed by atoms with Gasteiger partial charge in [-0.2, -0.15) is 0 Å². The first-order valence-electron chi connectivity index (χ1n) is 4.45. The molecule has 0 heterocycles. The van der Waals surface area contributed by atoms with E-state index in [1.165, 1.54) is 17.7 Å². The predicted molar refractivity (Wildman–Crippen MR) is 51.8 cm³/mol. The van der Waals surface area contributed by atoms with Crippen LogP contribution in [-0.4, -0.2) is 0 Å². The Kier molecular flexibility index (Phi) is 5.35. The Bertz CT molecular complexity index is 199. The van der Waals surface area contributed by atoms with Crippen molar-refractivity contribution in [3.63, 3.8) is 0 Å². The number of rotatable bonds is 1. The van der Waals surface area contributed by atoms with Crippen LogP contribution in [0.1, 0.15) is 39.2 Å². The summed E-state index contributed by atoms with van der Waals surface area (Å²) in [7, 11) is 0. The van der Waals surface area contributed by atoms with Crippen LogP contribution in [0.3, 0.4) is 0 Å². The fraction of sp³-hybridized carbons (Fsp3) is 0.455. The highest BCUT2D eigenvalue weighted by Gasteiger charge is 1.96. The van der Waals surface area contributed by atoms with Crippen LogP contribution < -0.4 is 0 Å². The van der Waals surface area contributed by atoms with E-state index >= 15 is 0 Å². The molecule has 0 fully saturated rings. The second-order valence-corrected chi connectivity index (χ2v) is 2.71. The minimum Gasteiger partial charge on any atom is -0.207 e. The first kappa shape index (κ1) is 11.2. The Morgan fingerprint density at radius 2 is 1.42 bits per heavy atom. The molecule has 0 radical (unpaired) electrons. The van der Waals surface area contributed by atoms with Gasteiger partial charge in [-0.25, -0.2) is 4.39 Å². The standard InChI is InChI=1S/C9H11F.C2H6/c1-7(2)8-3-5-9(10)6-4-8;1-2/h3-7H,1-2H3;1-2H3. The maximum atomic E-state index is 12.4. The third-order valence-corrected chi connectivity index (χ3v) is 1.54. The molecule has 0 N–H and O–H groups in total. The van der Waals surface area contributed by atoms with Gasteiger partial charge in [-0.05, 0) is 23.6 Å². The Hall–Kier alpha value is -0.850. The van der Waals surface area contributed by atoms with Gasteiger partial charge in [0.25, 0.3) is 0 Å². The van der Waals surface area contributed by atoms with Crippen molar-refractivity contribution in [2.45, 2.75) is 33.6 Å². The average Bonchev–Trinajstić information content (AvgIpc) is 2.09. The van der Waals surface area contributed by atoms with Gasteiger partial charge in [-0.15, -0.1) is 0 Å². The van der Waals surface area contributed by atoms with Crippen molar-refractivity contribution >= 4 is 0 Å². The van der Waals surface area contributed by atoms with Crippen LogP contribution in [0.2, 0.25) is 0 Å². The van der Waals surface area contributed by atoms with Crippen LogP contribution >= 0.6 is 0 Å².